The molecule has 7 nitrogen and oxygen atoms in total. The van der Waals surface area contributed by atoms with Crippen molar-refractivity contribution in [2.75, 3.05) is 0 Å². The number of imidazole rings is 2. The van der Waals surface area contributed by atoms with Crippen molar-refractivity contribution in [3.05, 3.63) is 88.4 Å². The van der Waals surface area contributed by atoms with Gasteiger partial charge in [-0.05, 0) is 48.9 Å². The van der Waals surface area contributed by atoms with Crippen molar-refractivity contribution in [2.24, 2.45) is 0 Å². The Kier molecular flexibility index (Phi) is 6.62. The van der Waals surface area contributed by atoms with Crippen LogP contribution in [0, 0.1) is 0 Å². The third kappa shape index (κ3) is 5.72. The zero-order valence-corrected chi connectivity index (χ0v) is 17.4. The van der Waals surface area contributed by atoms with E-state index in [1.165, 1.54) is 5.56 Å². The van der Waals surface area contributed by atoms with Crippen LogP contribution >= 0.6 is 0 Å². The van der Waals surface area contributed by atoms with Crippen LogP contribution in [0.4, 0.5) is 0 Å². The fourth-order valence-corrected chi connectivity index (χ4v) is 3.76. The standard InChI is InChI=1S/C24H27N5O2/c30-23(10-4-8-19-11-12-20-21(16-19)28-24(31)27-20)26-17-22-25-13-15-29(22)14-5-9-18-6-2-1-3-7-18/h1-3,6-7,11-13,15-16H,4-5,8-10,14,17H2,(H,26,30)(H2,27,28,31). The van der Waals surface area contributed by atoms with E-state index in [4.69, 9.17) is 0 Å². The molecule has 0 aliphatic carbocycles. The predicted octanol–water partition coefficient (Wildman–Crippen LogP) is 3.32. The molecule has 160 valence electrons. The Bertz CT molecular complexity index is 1190. The summed E-state index contributed by atoms with van der Waals surface area (Å²) in [5.74, 6) is 0.901. The Morgan fingerprint density at radius 1 is 0.968 bits per heavy atom. The fourth-order valence-electron chi connectivity index (χ4n) is 3.76. The molecule has 0 aliphatic rings. The van der Waals surface area contributed by atoms with Gasteiger partial charge in [0, 0.05) is 25.4 Å². The number of amides is 1. The van der Waals surface area contributed by atoms with Crippen molar-refractivity contribution in [2.45, 2.75) is 45.2 Å². The highest BCUT2D eigenvalue weighted by atomic mass is 16.1. The highest BCUT2D eigenvalue weighted by molar-refractivity contribution is 5.76. The molecule has 0 unspecified atom stereocenters. The van der Waals surface area contributed by atoms with Crippen LogP contribution < -0.4 is 11.0 Å². The number of nitrogens with zero attached hydrogens (tertiary/aromatic N) is 2. The Labute approximate surface area is 180 Å². The van der Waals surface area contributed by atoms with Gasteiger partial charge in [-0.15, -0.1) is 0 Å². The maximum absolute atomic E-state index is 12.3. The predicted molar refractivity (Wildman–Crippen MR) is 121 cm³/mol. The van der Waals surface area contributed by atoms with E-state index in [0.717, 1.165) is 54.6 Å². The first-order valence-corrected chi connectivity index (χ1v) is 10.7. The van der Waals surface area contributed by atoms with E-state index < -0.39 is 0 Å². The van der Waals surface area contributed by atoms with Crippen molar-refractivity contribution in [1.29, 1.82) is 0 Å². The smallest absolute Gasteiger partial charge is 0.323 e. The maximum atomic E-state index is 12.3. The lowest BCUT2D eigenvalue weighted by molar-refractivity contribution is -0.121. The first kappa shape index (κ1) is 20.7. The molecule has 0 fully saturated rings. The van der Waals surface area contributed by atoms with E-state index in [1.807, 2.05) is 30.5 Å². The van der Waals surface area contributed by atoms with Crippen molar-refractivity contribution in [3.8, 4) is 0 Å². The molecule has 2 aromatic heterocycles. The topological polar surface area (TPSA) is 95.6 Å². The maximum Gasteiger partial charge on any atom is 0.323 e. The summed E-state index contributed by atoms with van der Waals surface area (Å²) in [5.41, 5.74) is 3.82. The van der Waals surface area contributed by atoms with Crippen LogP contribution in [0.5, 0.6) is 0 Å². The number of nitrogens with one attached hydrogen (secondary N) is 3. The van der Waals surface area contributed by atoms with Gasteiger partial charge in [-0.25, -0.2) is 9.78 Å². The third-order valence-corrected chi connectivity index (χ3v) is 5.40. The lowest BCUT2D eigenvalue weighted by Gasteiger charge is -2.09. The molecule has 3 N–H and O–H groups in total. The van der Waals surface area contributed by atoms with Crippen LogP contribution in [0.15, 0.2) is 65.7 Å². The summed E-state index contributed by atoms with van der Waals surface area (Å²) in [4.78, 5) is 33.5. The first-order chi connectivity index (χ1) is 15.2. The second-order valence-corrected chi connectivity index (χ2v) is 7.72. The average molecular weight is 418 g/mol. The number of rotatable bonds is 10. The first-order valence-electron chi connectivity index (χ1n) is 10.7. The number of hydrogen-bond acceptors (Lipinski definition) is 3. The van der Waals surface area contributed by atoms with Crippen LogP contribution in [0.1, 0.15) is 36.2 Å². The number of benzene rings is 2. The zero-order valence-electron chi connectivity index (χ0n) is 17.4. The fraction of sp³-hybridized carbons (Fsp3) is 0.292. The summed E-state index contributed by atoms with van der Waals surface area (Å²) in [6.45, 7) is 1.32. The number of hydrogen-bond donors (Lipinski definition) is 3. The number of carbonyl (C=O) groups is 1. The molecular weight excluding hydrogens is 390 g/mol. The second kappa shape index (κ2) is 9.93. The summed E-state index contributed by atoms with van der Waals surface area (Å²) in [6.07, 6.45) is 7.78. The summed E-state index contributed by atoms with van der Waals surface area (Å²) in [5, 5.41) is 2.98. The highest BCUT2D eigenvalue weighted by Crippen LogP contribution is 2.12. The van der Waals surface area contributed by atoms with Gasteiger partial charge in [-0.3, -0.25) is 4.79 Å². The van der Waals surface area contributed by atoms with Gasteiger partial charge in [-0.2, -0.15) is 0 Å². The quantitative estimate of drug-likeness (QED) is 0.369. The van der Waals surface area contributed by atoms with E-state index in [1.54, 1.807) is 6.20 Å². The summed E-state index contributed by atoms with van der Waals surface area (Å²) in [6, 6.07) is 16.3. The van der Waals surface area contributed by atoms with Crippen molar-refractivity contribution < 1.29 is 4.79 Å². The minimum Gasteiger partial charge on any atom is -0.349 e. The zero-order chi connectivity index (χ0) is 21.5. The molecule has 0 bridgehead atoms. The van der Waals surface area contributed by atoms with E-state index in [9.17, 15) is 9.59 Å². The molecule has 0 radical (unpaired) electrons. The van der Waals surface area contributed by atoms with Gasteiger partial charge >= 0.3 is 5.69 Å². The van der Waals surface area contributed by atoms with Gasteiger partial charge < -0.3 is 19.9 Å². The van der Waals surface area contributed by atoms with Crippen LogP contribution in [-0.4, -0.2) is 25.4 Å². The molecule has 0 atom stereocenters. The summed E-state index contributed by atoms with van der Waals surface area (Å²) >= 11 is 0. The number of fused-ring (bicyclic) bond motifs is 1. The third-order valence-electron chi connectivity index (χ3n) is 5.40. The molecule has 2 aromatic carbocycles. The summed E-state index contributed by atoms with van der Waals surface area (Å²) in [7, 11) is 0. The molecular formula is C24H27N5O2. The van der Waals surface area contributed by atoms with Gasteiger partial charge in [0.15, 0.2) is 0 Å². The highest BCUT2D eigenvalue weighted by Gasteiger charge is 2.07. The summed E-state index contributed by atoms with van der Waals surface area (Å²) < 4.78 is 2.11. The van der Waals surface area contributed by atoms with E-state index in [0.29, 0.717) is 13.0 Å². The lowest BCUT2D eigenvalue weighted by Crippen LogP contribution is -2.24. The number of aryl methyl sites for hydroxylation is 3. The Morgan fingerprint density at radius 3 is 2.65 bits per heavy atom. The SMILES string of the molecule is O=C(CCCc1ccc2[nH]c(=O)[nH]c2c1)NCc1nccn1CCCc1ccccc1. The monoisotopic (exact) mass is 417 g/mol. The number of aromatic amines is 2. The van der Waals surface area contributed by atoms with E-state index >= 15 is 0 Å². The molecule has 0 aliphatic heterocycles. The minimum absolute atomic E-state index is 0.0231. The molecule has 0 spiro atoms. The number of H-pyrrole nitrogens is 2. The second-order valence-electron chi connectivity index (χ2n) is 7.72. The molecule has 4 rings (SSSR count). The van der Waals surface area contributed by atoms with Crippen LogP contribution in [0.2, 0.25) is 0 Å². The van der Waals surface area contributed by atoms with Gasteiger partial charge in [0.1, 0.15) is 5.82 Å². The molecule has 31 heavy (non-hydrogen) atoms. The molecule has 0 saturated heterocycles. The Balaban J connectivity index is 1.19. The van der Waals surface area contributed by atoms with Gasteiger partial charge in [-0.1, -0.05) is 36.4 Å². The number of aromatic nitrogens is 4. The Morgan fingerprint density at radius 2 is 1.77 bits per heavy atom. The largest absolute Gasteiger partial charge is 0.349 e. The van der Waals surface area contributed by atoms with Crippen molar-refractivity contribution >= 4 is 16.9 Å². The lowest BCUT2D eigenvalue weighted by atomic mass is 10.1. The van der Waals surface area contributed by atoms with Gasteiger partial charge in [0.25, 0.3) is 0 Å². The molecule has 2 heterocycles. The van der Waals surface area contributed by atoms with Crippen LogP contribution in [-0.2, 0) is 30.7 Å². The average Bonchev–Trinajstić information content (AvgIpc) is 3.38. The van der Waals surface area contributed by atoms with Crippen molar-refractivity contribution in [1.82, 2.24) is 24.8 Å². The van der Waals surface area contributed by atoms with Crippen molar-refractivity contribution in [3.63, 3.8) is 0 Å². The molecule has 7 heteroatoms. The van der Waals surface area contributed by atoms with Gasteiger partial charge in [0.05, 0.1) is 17.6 Å². The number of carbonyl (C=O) groups excluding carboxylic acids is 1. The normalized spacial score (nSPS) is 11.1. The minimum atomic E-state index is -0.204. The van der Waals surface area contributed by atoms with Gasteiger partial charge in [0.2, 0.25) is 5.91 Å². The molecule has 4 aromatic rings. The Hall–Kier alpha value is -3.61. The van der Waals surface area contributed by atoms with E-state index in [2.05, 4.69) is 49.1 Å². The molecule has 0 saturated carbocycles. The van der Waals surface area contributed by atoms with E-state index in [-0.39, 0.29) is 11.6 Å². The van der Waals surface area contributed by atoms with Crippen LogP contribution in [0.3, 0.4) is 0 Å². The van der Waals surface area contributed by atoms with Crippen LogP contribution in [0.25, 0.3) is 11.0 Å². The molecule has 1 amide bonds.